The zero-order valence-corrected chi connectivity index (χ0v) is 16.8. The van der Waals surface area contributed by atoms with Crippen LogP contribution < -0.4 is 9.64 Å². The van der Waals surface area contributed by atoms with E-state index >= 15 is 0 Å². The van der Waals surface area contributed by atoms with Crippen LogP contribution in [0.3, 0.4) is 0 Å². The highest BCUT2D eigenvalue weighted by Gasteiger charge is 2.20. The van der Waals surface area contributed by atoms with Gasteiger partial charge in [-0.05, 0) is 31.5 Å². The van der Waals surface area contributed by atoms with Crippen LogP contribution in [-0.2, 0) is 4.74 Å². The summed E-state index contributed by atoms with van der Waals surface area (Å²) in [5.41, 5.74) is 0.966. The number of benzene rings is 2. The van der Waals surface area contributed by atoms with Crippen molar-refractivity contribution >= 4 is 46.6 Å². The summed E-state index contributed by atoms with van der Waals surface area (Å²) >= 11 is 17.8. The van der Waals surface area contributed by atoms with Gasteiger partial charge >= 0.3 is 6.16 Å². The molecule has 2 aromatic rings. The third-order valence-electron chi connectivity index (χ3n) is 3.71. The number of rotatable bonds is 7. The molecule has 7 heteroatoms. The van der Waals surface area contributed by atoms with Crippen LogP contribution in [0.25, 0.3) is 0 Å². The van der Waals surface area contributed by atoms with E-state index in [1.54, 1.807) is 6.92 Å². The van der Waals surface area contributed by atoms with E-state index < -0.39 is 12.4 Å². The minimum Gasteiger partial charge on any atom is -0.410 e. The van der Waals surface area contributed by atoms with Crippen LogP contribution >= 0.6 is 34.8 Å². The molecule has 0 heterocycles. The second-order valence-corrected chi connectivity index (χ2v) is 6.87. The van der Waals surface area contributed by atoms with Gasteiger partial charge < -0.3 is 14.4 Å². The average molecular weight is 417 g/mol. The highest BCUT2D eigenvalue weighted by Crippen LogP contribution is 2.34. The first-order chi connectivity index (χ1) is 12.4. The molecule has 0 saturated heterocycles. The van der Waals surface area contributed by atoms with Gasteiger partial charge in [0.25, 0.3) is 0 Å². The quantitative estimate of drug-likeness (QED) is 0.215. The molecule has 140 valence electrons. The predicted molar refractivity (Wildman–Crippen MR) is 107 cm³/mol. The molecule has 0 aliphatic carbocycles. The van der Waals surface area contributed by atoms with Gasteiger partial charge in [0.15, 0.2) is 12.0 Å². The van der Waals surface area contributed by atoms with E-state index in [2.05, 4.69) is 6.92 Å². The van der Waals surface area contributed by atoms with Crippen molar-refractivity contribution in [2.75, 3.05) is 11.4 Å². The normalized spacial score (nSPS) is 11.7. The summed E-state index contributed by atoms with van der Waals surface area (Å²) < 4.78 is 10.6. The largest absolute Gasteiger partial charge is 0.515 e. The molecule has 26 heavy (non-hydrogen) atoms. The fourth-order valence-corrected chi connectivity index (χ4v) is 2.94. The van der Waals surface area contributed by atoms with E-state index in [-0.39, 0.29) is 20.8 Å². The number of halogens is 3. The van der Waals surface area contributed by atoms with E-state index in [1.165, 1.54) is 12.1 Å². The zero-order valence-electron chi connectivity index (χ0n) is 14.5. The third-order valence-corrected chi connectivity index (χ3v) is 4.73. The average Bonchev–Trinajstić information content (AvgIpc) is 2.61. The Labute approximate surface area is 168 Å². The van der Waals surface area contributed by atoms with E-state index in [1.807, 2.05) is 35.2 Å². The molecular weight excluding hydrogens is 397 g/mol. The van der Waals surface area contributed by atoms with Crippen LogP contribution in [0.15, 0.2) is 42.5 Å². The maximum absolute atomic E-state index is 12.2. The zero-order chi connectivity index (χ0) is 19.1. The smallest absolute Gasteiger partial charge is 0.410 e. The van der Waals surface area contributed by atoms with Crippen LogP contribution in [0.5, 0.6) is 5.75 Å². The Balaban J connectivity index is 2.07. The molecule has 0 aromatic heterocycles. The van der Waals surface area contributed by atoms with Crippen molar-refractivity contribution < 1.29 is 14.3 Å². The maximum atomic E-state index is 12.2. The second-order valence-electron chi connectivity index (χ2n) is 5.65. The highest BCUT2D eigenvalue weighted by atomic mass is 35.5. The minimum absolute atomic E-state index is 0.0954. The molecule has 2 rings (SSSR count). The summed E-state index contributed by atoms with van der Waals surface area (Å²) in [6.07, 6.45) is 0.614. The number of hydrogen-bond acceptors (Lipinski definition) is 4. The minimum atomic E-state index is -0.866. The number of carbonyl (C=O) groups is 1. The second kappa shape index (κ2) is 9.91. The molecule has 0 aliphatic heterocycles. The number of nitrogens with zero attached hydrogens (tertiary/aromatic N) is 1. The molecule has 2 aromatic carbocycles. The van der Waals surface area contributed by atoms with Gasteiger partial charge in [-0.1, -0.05) is 66.3 Å². The van der Waals surface area contributed by atoms with Crippen molar-refractivity contribution in [3.8, 4) is 5.75 Å². The fraction of sp³-hybridized carbons (Fsp3) is 0.316. The van der Waals surface area contributed by atoms with Gasteiger partial charge in [-0.3, -0.25) is 0 Å². The van der Waals surface area contributed by atoms with Crippen LogP contribution in [0.2, 0.25) is 15.1 Å². The molecule has 0 amide bonds. The SMILES string of the molecule is CCCCN(c1ccccc1)C(C)OC(=O)Oc1cc(Cl)c(Cl)cc1Cl. The fourth-order valence-electron chi connectivity index (χ4n) is 2.37. The summed E-state index contributed by atoms with van der Waals surface area (Å²) in [6, 6.07) is 12.5. The lowest BCUT2D eigenvalue weighted by Crippen LogP contribution is -2.38. The summed E-state index contributed by atoms with van der Waals surface area (Å²) in [7, 11) is 0. The first-order valence-electron chi connectivity index (χ1n) is 8.27. The van der Waals surface area contributed by atoms with Crippen LogP contribution in [-0.4, -0.2) is 18.9 Å². The van der Waals surface area contributed by atoms with Crippen LogP contribution in [0.1, 0.15) is 26.7 Å². The Hall–Kier alpha value is -1.62. The topological polar surface area (TPSA) is 38.8 Å². The molecule has 0 bridgehead atoms. The van der Waals surface area contributed by atoms with Crippen molar-refractivity contribution in [2.24, 2.45) is 0 Å². The number of anilines is 1. The van der Waals surface area contributed by atoms with Crippen molar-refractivity contribution in [1.29, 1.82) is 0 Å². The van der Waals surface area contributed by atoms with E-state index in [0.717, 1.165) is 25.1 Å². The molecule has 0 N–H and O–H groups in total. The Morgan fingerprint density at radius 3 is 2.38 bits per heavy atom. The summed E-state index contributed by atoms with van der Waals surface area (Å²) in [5.74, 6) is 0.0954. The molecule has 1 atom stereocenters. The number of unbranched alkanes of at least 4 members (excludes halogenated alkanes) is 1. The van der Waals surface area contributed by atoms with Crippen molar-refractivity contribution in [3.63, 3.8) is 0 Å². The summed E-state index contributed by atoms with van der Waals surface area (Å²) in [5, 5.41) is 0.691. The lowest BCUT2D eigenvalue weighted by molar-refractivity contribution is 0.0640. The van der Waals surface area contributed by atoms with Gasteiger partial charge in [-0.25, -0.2) is 4.79 Å². The molecular formula is C19H20Cl3NO3. The molecule has 4 nitrogen and oxygen atoms in total. The van der Waals surface area contributed by atoms with E-state index in [4.69, 9.17) is 44.3 Å². The first-order valence-corrected chi connectivity index (χ1v) is 9.40. The van der Waals surface area contributed by atoms with Gasteiger partial charge in [0.2, 0.25) is 0 Å². The lowest BCUT2D eigenvalue weighted by atomic mass is 10.2. The molecule has 0 fully saturated rings. The van der Waals surface area contributed by atoms with Gasteiger partial charge in [0, 0.05) is 18.3 Å². The Bertz CT molecular complexity index is 740. The number of ether oxygens (including phenoxy) is 2. The highest BCUT2D eigenvalue weighted by molar-refractivity contribution is 6.43. The van der Waals surface area contributed by atoms with Crippen LogP contribution in [0.4, 0.5) is 10.5 Å². The van der Waals surface area contributed by atoms with E-state index in [9.17, 15) is 4.79 Å². The predicted octanol–water partition coefficient (Wildman–Crippen LogP) is 6.81. The monoisotopic (exact) mass is 415 g/mol. The summed E-state index contributed by atoms with van der Waals surface area (Å²) in [6.45, 7) is 4.65. The maximum Gasteiger partial charge on any atom is 0.515 e. The van der Waals surface area contributed by atoms with Crippen molar-refractivity contribution in [3.05, 3.63) is 57.5 Å². The van der Waals surface area contributed by atoms with Gasteiger partial charge in [-0.2, -0.15) is 0 Å². The first kappa shape index (κ1) is 20.7. The Morgan fingerprint density at radius 1 is 1.08 bits per heavy atom. The third kappa shape index (κ3) is 5.70. The molecule has 1 unspecified atom stereocenters. The number of hydrogen-bond donors (Lipinski definition) is 0. The Kier molecular flexibility index (Phi) is 7.88. The van der Waals surface area contributed by atoms with Gasteiger partial charge in [0.1, 0.15) is 0 Å². The van der Waals surface area contributed by atoms with E-state index in [0.29, 0.717) is 0 Å². The standard InChI is InChI=1S/C19H20Cl3NO3/c1-3-4-10-23(14-8-6-5-7-9-14)13(2)25-19(24)26-18-12-16(21)15(20)11-17(18)22/h5-9,11-13H,3-4,10H2,1-2H3. The van der Waals surface area contributed by atoms with Gasteiger partial charge in [-0.15, -0.1) is 0 Å². The number of para-hydroxylation sites is 1. The van der Waals surface area contributed by atoms with Gasteiger partial charge in [0.05, 0.1) is 15.1 Å². The van der Waals surface area contributed by atoms with Crippen LogP contribution in [0, 0.1) is 0 Å². The lowest BCUT2D eigenvalue weighted by Gasteiger charge is -2.30. The Morgan fingerprint density at radius 2 is 1.73 bits per heavy atom. The molecule has 0 saturated carbocycles. The van der Waals surface area contributed by atoms with Crippen molar-refractivity contribution in [2.45, 2.75) is 32.9 Å². The number of carbonyl (C=O) groups excluding carboxylic acids is 1. The molecule has 0 aliphatic rings. The molecule has 0 spiro atoms. The molecule has 0 radical (unpaired) electrons. The summed E-state index contributed by atoms with van der Waals surface area (Å²) in [4.78, 5) is 14.2. The van der Waals surface area contributed by atoms with Crippen molar-refractivity contribution in [1.82, 2.24) is 0 Å².